The summed E-state index contributed by atoms with van der Waals surface area (Å²) in [4.78, 5) is 9.72. The number of phenols is 1. The zero-order valence-electron chi connectivity index (χ0n) is 8.97. The van der Waals surface area contributed by atoms with Crippen LogP contribution in [0.2, 0.25) is 0 Å². The fourth-order valence-corrected chi connectivity index (χ4v) is 2.05. The molecular formula is C10H11FO5S. The molecule has 0 saturated heterocycles. The molecule has 94 valence electrons. The standard InChI is InChI=1S/C10H11FO5S/c1-17(15,16)7-4-2-6(3-5-8(12)13)10(14)9(7)11/h2,4,14H,3,5H2,1H3,(H,12,13). The number of carboxylic acid groups (broad SMARTS) is 1. The number of aliphatic carboxylic acids is 1. The zero-order valence-corrected chi connectivity index (χ0v) is 9.79. The van der Waals surface area contributed by atoms with Gasteiger partial charge in [-0.05, 0) is 18.1 Å². The minimum atomic E-state index is -3.76. The molecule has 0 aliphatic carbocycles. The molecule has 0 saturated carbocycles. The first-order chi connectivity index (χ1) is 7.73. The minimum absolute atomic E-state index is 0.0669. The van der Waals surface area contributed by atoms with Crippen LogP contribution in [-0.2, 0) is 21.1 Å². The summed E-state index contributed by atoms with van der Waals surface area (Å²) in [7, 11) is -3.76. The van der Waals surface area contributed by atoms with E-state index in [0.29, 0.717) is 0 Å². The van der Waals surface area contributed by atoms with Gasteiger partial charge in [-0.2, -0.15) is 0 Å². The Labute approximate surface area is 97.4 Å². The molecule has 0 atom stereocenters. The maximum Gasteiger partial charge on any atom is 0.303 e. The van der Waals surface area contributed by atoms with Crippen LogP contribution in [0.25, 0.3) is 0 Å². The summed E-state index contributed by atoms with van der Waals surface area (Å²) >= 11 is 0. The van der Waals surface area contributed by atoms with Gasteiger partial charge in [0.1, 0.15) is 4.90 Å². The van der Waals surface area contributed by atoms with E-state index in [4.69, 9.17) is 5.11 Å². The number of halogens is 1. The van der Waals surface area contributed by atoms with Crippen LogP contribution in [0.1, 0.15) is 12.0 Å². The average Bonchev–Trinajstić information content (AvgIpc) is 2.18. The van der Waals surface area contributed by atoms with E-state index in [-0.39, 0.29) is 18.4 Å². The molecule has 0 radical (unpaired) electrons. The van der Waals surface area contributed by atoms with E-state index >= 15 is 0 Å². The van der Waals surface area contributed by atoms with Crippen molar-refractivity contribution in [1.82, 2.24) is 0 Å². The second kappa shape index (κ2) is 4.70. The third-order valence-electron chi connectivity index (χ3n) is 2.17. The Morgan fingerprint density at radius 1 is 1.41 bits per heavy atom. The van der Waals surface area contributed by atoms with Gasteiger partial charge in [0.25, 0.3) is 0 Å². The van der Waals surface area contributed by atoms with Gasteiger partial charge in [0, 0.05) is 12.7 Å². The second-order valence-electron chi connectivity index (χ2n) is 3.55. The summed E-state index contributed by atoms with van der Waals surface area (Å²) in [6, 6.07) is 2.22. The lowest BCUT2D eigenvalue weighted by molar-refractivity contribution is -0.136. The Hall–Kier alpha value is -1.63. The fourth-order valence-electron chi connectivity index (χ4n) is 1.32. The monoisotopic (exact) mass is 262 g/mol. The molecule has 1 aromatic carbocycles. The van der Waals surface area contributed by atoms with Gasteiger partial charge < -0.3 is 10.2 Å². The number of hydrogen-bond acceptors (Lipinski definition) is 4. The zero-order chi connectivity index (χ0) is 13.2. The first-order valence-electron chi connectivity index (χ1n) is 4.65. The number of phenolic OH excluding ortho intramolecular Hbond substituents is 1. The van der Waals surface area contributed by atoms with Crippen molar-refractivity contribution in [2.75, 3.05) is 6.26 Å². The number of aryl methyl sites for hydroxylation is 1. The Kier molecular flexibility index (Phi) is 3.72. The Morgan fingerprint density at radius 2 is 2.00 bits per heavy atom. The van der Waals surface area contributed by atoms with Gasteiger partial charge in [0.15, 0.2) is 21.4 Å². The van der Waals surface area contributed by atoms with Crippen molar-refractivity contribution in [1.29, 1.82) is 0 Å². The van der Waals surface area contributed by atoms with Crippen LogP contribution >= 0.6 is 0 Å². The van der Waals surface area contributed by atoms with E-state index < -0.39 is 32.3 Å². The summed E-state index contributed by atoms with van der Waals surface area (Å²) in [6.07, 6.45) is 0.481. The number of sulfone groups is 1. The van der Waals surface area contributed by atoms with Crippen molar-refractivity contribution < 1.29 is 27.8 Å². The predicted octanol–water partition coefficient (Wildman–Crippen LogP) is 0.952. The van der Waals surface area contributed by atoms with E-state index in [1.54, 1.807) is 0 Å². The molecule has 0 aromatic heterocycles. The molecular weight excluding hydrogens is 251 g/mol. The molecule has 0 heterocycles. The summed E-state index contributed by atoms with van der Waals surface area (Å²) in [5.74, 6) is -3.14. The van der Waals surface area contributed by atoms with E-state index in [1.807, 2.05) is 0 Å². The van der Waals surface area contributed by atoms with Crippen LogP contribution in [0.5, 0.6) is 5.75 Å². The number of carbonyl (C=O) groups is 1. The van der Waals surface area contributed by atoms with Gasteiger partial charge in [-0.15, -0.1) is 0 Å². The van der Waals surface area contributed by atoms with E-state index in [9.17, 15) is 22.7 Å². The number of carboxylic acids is 1. The van der Waals surface area contributed by atoms with Gasteiger partial charge in [-0.25, -0.2) is 12.8 Å². The van der Waals surface area contributed by atoms with Crippen LogP contribution in [-0.4, -0.2) is 30.9 Å². The highest BCUT2D eigenvalue weighted by Gasteiger charge is 2.19. The fraction of sp³-hybridized carbons (Fsp3) is 0.300. The molecule has 0 amide bonds. The summed E-state index contributed by atoms with van der Waals surface area (Å²) < 4.78 is 35.8. The molecule has 0 aliphatic heterocycles. The maximum atomic E-state index is 13.5. The highest BCUT2D eigenvalue weighted by Crippen LogP contribution is 2.28. The van der Waals surface area contributed by atoms with Crippen molar-refractivity contribution in [2.45, 2.75) is 17.7 Å². The second-order valence-corrected chi connectivity index (χ2v) is 5.54. The number of aromatic hydroxyl groups is 1. The molecule has 0 fully saturated rings. The van der Waals surface area contributed by atoms with Crippen molar-refractivity contribution in [3.05, 3.63) is 23.5 Å². The average molecular weight is 262 g/mol. The number of hydrogen-bond donors (Lipinski definition) is 2. The van der Waals surface area contributed by atoms with Crippen LogP contribution in [0.4, 0.5) is 4.39 Å². The SMILES string of the molecule is CS(=O)(=O)c1ccc(CCC(=O)O)c(O)c1F. The van der Waals surface area contributed by atoms with Gasteiger partial charge in [-0.3, -0.25) is 4.79 Å². The molecule has 0 unspecified atom stereocenters. The lowest BCUT2D eigenvalue weighted by atomic mass is 10.1. The molecule has 17 heavy (non-hydrogen) atoms. The first-order valence-corrected chi connectivity index (χ1v) is 6.55. The third kappa shape index (κ3) is 3.16. The predicted molar refractivity (Wildman–Crippen MR) is 57.1 cm³/mol. The molecule has 0 spiro atoms. The molecule has 5 nitrogen and oxygen atoms in total. The normalized spacial score (nSPS) is 11.4. The van der Waals surface area contributed by atoms with Crippen molar-refractivity contribution >= 4 is 15.8 Å². The smallest absolute Gasteiger partial charge is 0.303 e. The Balaban J connectivity index is 3.16. The highest BCUT2D eigenvalue weighted by atomic mass is 32.2. The minimum Gasteiger partial charge on any atom is -0.505 e. The van der Waals surface area contributed by atoms with E-state index in [2.05, 4.69) is 0 Å². The van der Waals surface area contributed by atoms with Crippen LogP contribution in [0.3, 0.4) is 0 Å². The molecule has 1 rings (SSSR count). The summed E-state index contributed by atoms with van der Waals surface area (Å²) in [5, 5.41) is 17.9. The van der Waals surface area contributed by atoms with E-state index in [1.165, 1.54) is 6.07 Å². The molecule has 2 N–H and O–H groups in total. The van der Waals surface area contributed by atoms with Crippen LogP contribution < -0.4 is 0 Å². The number of rotatable bonds is 4. The van der Waals surface area contributed by atoms with Gasteiger partial charge in [0.2, 0.25) is 0 Å². The summed E-state index contributed by atoms with van der Waals surface area (Å²) in [6.45, 7) is 0. The van der Waals surface area contributed by atoms with Gasteiger partial charge >= 0.3 is 5.97 Å². The third-order valence-corrected chi connectivity index (χ3v) is 3.29. The quantitative estimate of drug-likeness (QED) is 0.843. The molecule has 7 heteroatoms. The topological polar surface area (TPSA) is 91.7 Å². The Morgan fingerprint density at radius 3 is 2.47 bits per heavy atom. The van der Waals surface area contributed by atoms with E-state index in [0.717, 1.165) is 12.3 Å². The first kappa shape index (κ1) is 13.4. The molecule has 0 aliphatic rings. The Bertz CT molecular complexity index is 550. The van der Waals surface area contributed by atoms with Gasteiger partial charge in [-0.1, -0.05) is 6.07 Å². The summed E-state index contributed by atoms with van der Waals surface area (Å²) in [5.41, 5.74) is 0.0669. The van der Waals surface area contributed by atoms with Crippen molar-refractivity contribution in [3.63, 3.8) is 0 Å². The highest BCUT2D eigenvalue weighted by molar-refractivity contribution is 7.90. The van der Waals surface area contributed by atoms with Gasteiger partial charge in [0.05, 0.1) is 0 Å². The van der Waals surface area contributed by atoms with Crippen LogP contribution in [0.15, 0.2) is 17.0 Å². The van der Waals surface area contributed by atoms with Crippen molar-refractivity contribution in [3.8, 4) is 5.75 Å². The molecule has 0 bridgehead atoms. The van der Waals surface area contributed by atoms with Crippen molar-refractivity contribution in [2.24, 2.45) is 0 Å². The van der Waals surface area contributed by atoms with Crippen LogP contribution in [0, 0.1) is 5.82 Å². The number of benzene rings is 1. The lowest BCUT2D eigenvalue weighted by Gasteiger charge is -2.07. The maximum absolute atomic E-state index is 13.5. The molecule has 1 aromatic rings. The lowest BCUT2D eigenvalue weighted by Crippen LogP contribution is -2.03. The largest absolute Gasteiger partial charge is 0.505 e.